The molecule has 6 heterocycles. The monoisotopic (exact) mass is 794 g/mol. The van der Waals surface area contributed by atoms with Crippen LogP contribution in [-0.4, -0.2) is 75.4 Å². The van der Waals surface area contributed by atoms with Crippen LogP contribution in [0.4, 0.5) is 11.9 Å². The van der Waals surface area contributed by atoms with Crippen LogP contribution >= 0.6 is 0 Å². The summed E-state index contributed by atoms with van der Waals surface area (Å²) in [7, 11) is 0. The number of morpholine rings is 1. The minimum atomic E-state index is 0.178. The molecular weight excluding hydrogens is 737 g/mol. The van der Waals surface area contributed by atoms with E-state index in [1.54, 1.807) is 0 Å². The number of aromatic nitrogens is 8. The van der Waals surface area contributed by atoms with Crippen LogP contribution in [0.15, 0.2) is 74.4 Å². The van der Waals surface area contributed by atoms with Crippen molar-refractivity contribution in [2.45, 2.75) is 98.6 Å². The summed E-state index contributed by atoms with van der Waals surface area (Å²) >= 11 is 0. The second-order valence-electron chi connectivity index (χ2n) is 16.0. The Morgan fingerprint density at radius 3 is 1.95 bits per heavy atom. The lowest BCUT2D eigenvalue weighted by Gasteiger charge is -2.37. The minimum absolute atomic E-state index is 0.178. The summed E-state index contributed by atoms with van der Waals surface area (Å²) in [6.07, 6.45) is 8.31. The van der Waals surface area contributed by atoms with Crippen LogP contribution in [0.2, 0.25) is 0 Å². The Labute approximate surface area is 346 Å². The average molecular weight is 795 g/mol. The molecule has 13 nitrogen and oxygen atoms in total. The number of hydrogen-bond donors (Lipinski definition) is 3. The van der Waals surface area contributed by atoms with Crippen molar-refractivity contribution in [3.63, 3.8) is 0 Å². The summed E-state index contributed by atoms with van der Waals surface area (Å²) in [6, 6.07) is 15.2. The first-order valence-electron chi connectivity index (χ1n) is 21.0. The highest BCUT2D eigenvalue weighted by Gasteiger charge is 2.27. The average Bonchev–Trinajstić information content (AvgIpc) is 3.98. The molecule has 0 saturated carbocycles. The van der Waals surface area contributed by atoms with E-state index >= 15 is 0 Å². The van der Waals surface area contributed by atoms with Gasteiger partial charge in [-0.2, -0.15) is 10.2 Å². The molecule has 0 aliphatic carbocycles. The maximum Gasteiger partial charge on any atom is 0.208 e. The number of para-hydroxylation sites is 1. The van der Waals surface area contributed by atoms with Gasteiger partial charge in [-0.3, -0.25) is 14.3 Å². The number of anilines is 2. The van der Waals surface area contributed by atoms with Crippen LogP contribution in [0.5, 0.6) is 0 Å². The first-order chi connectivity index (χ1) is 28.5. The molecule has 59 heavy (non-hydrogen) atoms. The van der Waals surface area contributed by atoms with Crippen LogP contribution in [-0.2, 0) is 43.8 Å². The van der Waals surface area contributed by atoms with E-state index in [2.05, 4.69) is 130 Å². The summed E-state index contributed by atoms with van der Waals surface area (Å²) < 4.78 is 14.5. The molecule has 13 heteroatoms. The lowest BCUT2D eigenvalue weighted by atomic mass is 9.95. The predicted octanol–water partition coefficient (Wildman–Crippen LogP) is 7.76. The molecule has 308 valence electrons. The third-order valence-electron chi connectivity index (χ3n) is 11.7. The third-order valence-corrected chi connectivity index (χ3v) is 11.7. The van der Waals surface area contributed by atoms with Crippen LogP contribution in [0, 0.1) is 13.8 Å². The number of benzene rings is 2. The molecular formula is C46H58N12O. The number of nitrogens with one attached hydrogen (secondary N) is 2. The van der Waals surface area contributed by atoms with Gasteiger partial charge < -0.3 is 30.2 Å². The summed E-state index contributed by atoms with van der Waals surface area (Å²) in [5, 5.41) is 16.6. The molecule has 0 amide bonds. The summed E-state index contributed by atoms with van der Waals surface area (Å²) in [4.78, 5) is 13.0. The molecule has 0 spiro atoms. The van der Waals surface area contributed by atoms with Gasteiger partial charge in [0.2, 0.25) is 11.9 Å². The molecule has 2 aliphatic heterocycles. The SMILES string of the molecule is C=C(N)c1cc2c3c(c1)nc(NC(=C)c1cc(C)nn1CC)n3C/C=C/Cn1c(NC(=C)c3cc(C)nn3CC)nc3cccc(c31)CCC(N1CCOC(C)C1)CC2. The van der Waals surface area contributed by atoms with Gasteiger partial charge in [0.1, 0.15) is 0 Å². The van der Waals surface area contributed by atoms with E-state index in [9.17, 15) is 0 Å². The van der Waals surface area contributed by atoms with Crippen molar-refractivity contribution in [3.05, 3.63) is 114 Å². The highest BCUT2D eigenvalue weighted by molar-refractivity contribution is 5.88. The van der Waals surface area contributed by atoms with Crippen molar-refractivity contribution < 1.29 is 4.74 Å². The number of ether oxygens (including phenoxy) is 1. The lowest BCUT2D eigenvalue weighted by Crippen LogP contribution is -2.47. The molecule has 1 fully saturated rings. The van der Waals surface area contributed by atoms with Crippen LogP contribution in [0.1, 0.15) is 73.1 Å². The predicted molar refractivity (Wildman–Crippen MR) is 240 cm³/mol. The largest absolute Gasteiger partial charge is 0.399 e. The van der Waals surface area contributed by atoms with E-state index in [4.69, 9.17) is 20.4 Å². The maximum absolute atomic E-state index is 6.40. The van der Waals surface area contributed by atoms with Gasteiger partial charge in [-0.05, 0) is 107 Å². The number of imidazole rings is 2. The molecule has 0 bridgehead atoms. The van der Waals surface area contributed by atoms with Crippen molar-refractivity contribution in [1.82, 2.24) is 43.6 Å². The number of nitrogens with zero attached hydrogens (tertiary/aromatic N) is 9. The fourth-order valence-electron chi connectivity index (χ4n) is 8.89. The quantitative estimate of drug-likeness (QED) is 0.119. The summed E-state index contributed by atoms with van der Waals surface area (Å²) in [5.74, 6) is 1.45. The number of aryl methyl sites for hydroxylation is 6. The Hall–Kier alpha value is -5.92. The maximum atomic E-state index is 6.40. The molecule has 0 radical (unpaired) electrons. The van der Waals surface area contributed by atoms with Gasteiger partial charge in [-0.25, -0.2) is 9.97 Å². The zero-order chi connectivity index (χ0) is 41.4. The lowest BCUT2D eigenvalue weighted by molar-refractivity contribution is -0.0363. The van der Waals surface area contributed by atoms with E-state index in [0.717, 1.165) is 126 Å². The van der Waals surface area contributed by atoms with Crippen molar-refractivity contribution in [2.75, 3.05) is 30.3 Å². The van der Waals surface area contributed by atoms with Gasteiger partial charge in [0.15, 0.2) is 0 Å². The molecule has 4 N–H and O–H groups in total. The summed E-state index contributed by atoms with van der Waals surface area (Å²) in [6.45, 7) is 28.6. The van der Waals surface area contributed by atoms with Gasteiger partial charge in [0.05, 0.1) is 68.9 Å². The Kier molecular flexibility index (Phi) is 11.3. The van der Waals surface area contributed by atoms with E-state index < -0.39 is 0 Å². The van der Waals surface area contributed by atoms with E-state index in [-0.39, 0.29) is 6.10 Å². The molecule has 2 aromatic carbocycles. The Morgan fingerprint density at radius 1 is 0.797 bits per heavy atom. The molecule has 2 atom stereocenters. The molecule has 8 rings (SSSR count). The minimum Gasteiger partial charge on any atom is -0.399 e. The molecule has 2 aliphatic rings. The van der Waals surface area contributed by atoms with Gasteiger partial charge in [-0.1, -0.05) is 44.0 Å². The fourth-order valence-corrected chi connectivity index (χ4v) is 8.89. The first-order valence-corrected chi connectivity index (χ1v) is 21.0. The Morgan fingerprint density at radius 2 is 1.37 bits per heavy atom. The summed E-state index contributed by atoms with van der Waals surface area (Å²) in [5.41, 5.74) is 19.6. The van der Waals surface area contributed by atoms with Crippen molar-refractivity contribution >= 4 is 51.1 Å². The Bertz CT molecular complexity index is 2580. The van der Waals surface area contributed by atoms with Crippen molar-refractivity contribution in [3.8, 4) is 0 Å². The Balaban J connectivity index is 1.24. The smallest absolute Gasteiger partial charge is 0.208 e. The topological polar surface area (TPSA) is 134 Å². The number of rotatable bonds is 10. The fraction of sp³-hybridized carbons (Fsp3) is 0.391. The zero-order valence-electron chi connectivity index (χ0n) is 35.3. The molecule has 2 unspecified atom stereocenters. The number of nitrogens with two attached hydrogens (primary N) is 1. The second-order valence-corrected chi connectivity index (χ2v) is 16.0. The molecule has 1 saturated heterocycles. The van der Waals surface area contributed by atoms with E-state index in [0.29, 0.717) is 30.8 Å². The van der Waals surface area contributed by atoms with Crippen molar-refractivity contribution in [1.29, 1.82) is 0 Å². The number of hydrogen-bond acceptors (Lipinski definition) is 9. The normalized spacial score (nSPS) is 18.4. The standard InChI is InChI=1S/C46H58N12O/c1-9-57-41(24-29(3)52-57)33(7)48-45-50-39-15-13-14-35-16-18-38(54-22-23-59-31(5)28-54)19-17-36-26-37(32(6)47)27-40-44(36)56(21-12-11-20-55(45)43(35)39)46(51-40)49-34(8)42-25-30(4)53-58(42)10-2/h11-15,24-27,31,38H,6-10,16-23,28,47H2,1-5H3,(H,48,50)(H,49,51)/b12-11+. The number of allylic oxidation sites excluding steroid dienone is 2. The van der Waals surface area contributed by atoms with Crippen LogP contribution in [0.3, 0.4) is 0 Å². The van der Waals surface area contributed by atoms with Gasteiger partial charge >= 0.3 is 0 Å². The second kappa shape index (κ2) is 16.7. The van der Waals surface area contributed by atoms with Crippen LogP contribution < -0.4 is 16.4 Å². The molecule has 4 aromatic heterocycles. The highest BCUT2D eigenvalue weighted by Crippen LogP contribution is 2.33. The highest BCUT2D eigenvalue weighted by atomic mass is 16.5. The zero-order valence-corrected chi connectivity index (χ0v) is 35.3. The first kappa shape index (κ1) is 39.9. The van der Waals surface area contributed by atoms with Gasteiger partial charge in [0, 0.05) is 51.0 Å². The van der Waals surface area contributed by atoms with E-state index in [1.165, 1.54) is 11.1 Å². The third kappa shape index (κ3) is 8.09. The molecule has 6 aromatic rings. The van der Waals surface area contributed by atoms with Crippen LogP contribution in [0.25, 0.3) is 39.2 Å². The van der Waals surface area contributed by atoms with Gasteiger partial charge in [0.25, 0.3) is 0 Å². The van der Waals surface area contributed by atoms with Crippen molar-refractivity contribution in [2.24, 2.45) is 5.73 Å². The van der Waals surface area contributed by atoms with Gasteiger partial charge in [-0.15, -0.1) is 0 Å². The van der Waals surface area contributed by atoms with E-state index in [1.807, 2.05) is 23.2 Å².